The van der Waals surface area contributed by atoms with Gasteiger partial charge in [-0.05, 0) is 19.4 Å². The first-order chi connectivity index (χ1) is 11.1. The van der Waals surface area contributed by atoms with Crippen LogP contribution in [0.15, 0.2) is 37.0 Å². The maximum Gasteiger partial charge on any atom is 0.323 e. The van der Waals surface area contributed by atoms with E-state index in [1.54, 1.807) is 6.08 Å². The number of ketones is 1. The second kappa shape index (κ2) is 16.6. The summed E-state index contributed by atoms with van der Waals surface area (Å²) in [6.07, 6.45) is 8.57. The predicted molar refractivity (Wildman–Crippen MR) is 95.2 cm³/mol. The summed E-state index contributed by atoms with van der Waals surface area (Å²) >= 11 is 0. The molecule has 1 unspecified atom stereocenters. The molecule has 0 aromatic rings. The lowest BCUT2D eigenvalue weighted by Gasteiger charge is -2.21. The third-order valence-corrected chi connectivity index (χ3v) is 2.78. The van der Waals surface area contributed by atoms with Crippen LogP contribution in [0.25, 0.3) is 0 Å². The third-order valence-electron chi connectivity index (χ3n) is 2.78. The molecule has 1 aliphatic rings. The first-order valence-corrected chi connectivity index (χ1v) is 7.86. The summed E-state index contributed by atoms with van der Waals surface area (Å²) in [5, 5.41) is 3.07. The lowest BCUT2D eigenvalue weighted by molar-refractivity contribution is -0.149. The number of allylic oxidation sites excluding steroid dienone is 3. The summed E-state index contributed by atoms with van der Waals surface area (Å²) in [6, 6.07) is -0.276. The Morgan fingerprint density at radius 3 is 2.35 bits per heavy atom. The number of hydrogen-bond acceptors (Lipinski definition) is 4. The van der Waals surface area contributed by atoms with E-state index in [2.05, 4.69) is 32.3 Å². The summed E-state index contributed by atoms with van der Waals surface area (Å²) in [5.74, 6) is -0.626. The monoisotopic (exact) mass is 329 g/mol. The van der Waals surface area contributed by atoms with Crippen molar-refractivity contribution >= 4 is 11.8 Å². The number of esters is 1. The number of hydrogen-bond donors (Lipinski definition) is 1. The largest absolute Gasteiger partial charge is 0.456 e. The van der Waals surface area contributed by atoms with E-state index in [9.17, 15) is 14.0 Å². The van der Waals surface area contributed by atoms with Crippen LogP contribution in [0.1, 0.15) is 41.0 Å². The summed E-state index contributed by atoms with van der Waals surface area (Å²) in [6.45, 7) is 11.9. The van der Waals surface area contributed by atoms with Crippen LogP contribution in [-0.2, 0) is 14.3 Å². The molecule has 0 aromatic carbocycles. The molecule has 0 bridgehead atoms. The van der Waals surface area contributed by atoms with Crippen LogP contribution in [0.2, 0.25) is 0 Å². The smallest absolute Gasteiger partial charge is 0.323 e. The first kappa shape index (κ1) is 23.5. The van der Waals surface area contributed by atoms with E-state index < -0.39 is 0 Å². The Bertz CT molecular complexity index is 392. The molecule has 1 aliphatic heterocycles. The zero-order chi connectivity index (χ0) is 18.1. The highest BCUT2D eigenvalue weighted by molar-refractivity contribution is 6.00. The minimum absolute atomic E-state index is 0. The number of alkyl halides is 1. The van der Waals surface area contributed by atoms with Crippen molar-refractivity contribution in [3.8, 4) is 0 Å². The van der Waals surface area contributed by atoms with Crippen molar-refractivity contribution in [3.63, 3.8) is 0 Å². The van der Waals surface area contributed by atoms with Crippen LogP contribution in [-0.4, -0.2) is 38.1 Å². The maximum atomic E-state index is 11.7. The van der Waals surface area contributed by atoms with Crippen LogP contribution in [0.4, 0.5) is 4.39 Å². The van der Waals surface area contributed by atoms with Gasteiger partial charge in [0.25, 0.3) is 0 Å². The molecule has 4 nitrogen and oxygen atoms in total. The number of rotatable bonds is 6. The van der Waals surface area contributed by atoms with Gasteiger partial charge in [0.1, 0.15) is 6.04 Å². The number of nitrogens with one attached hydrogen (secondary N) is 1. The van der Waals surface area contributed by atoms with E-state index in [1.165, 1.54) is 18.6 Å². The molecule has 5 heteroatoms. The Morgan fingerprint density at radius 1 is 1.30 bits per heavy atom. The topological polar surface area (TPSA) is 55.4 Å². The van der Waals surface area contributed by atoms with E-state index in [4.69, 9.17) is 4.74 Å². The Labute approximate surface area is 141 Å². The normalized spacial score (nSPS) is 16.7. The zero-order valence-corrected chi connectivity index (χ0v) is 14.6. The first-order valence-electron chi connectivity index (χ1n) is 7.86. The van der Waals surface area contributed by atoms with Crippen LogP contribution in [0.3, 0.4) is 0 Å². The number of carbonyl (C=O) groups is 2. The molecule has 1 N–H and O–H groups in total. The van der Waals surface area contributed by atoms with Gasteiger partial charge >= 0.3 is 5.97 Å². The molecule has 0 aromatic heterocycles. The van der Waals surface area contributed by atoms with Gasteiger partial charge in [-0.2, -0.15) is 0 Å². The fourth-order valence-electron chi connectivity index (χ4n) is 1.78. The molecule has 0 amide bonds. The average Bonchev–Trinajstić information content (AvgIpc) is 2.60. The van der Waals surface area contributed by atoms with Crippen molar-refractivity contribution in [1.82, 2.24) is 5.32 Å². The molecule has 1 rings (SSSR count). The van der Waals surface area contributed by atoms with Crippen molar-refractivity contribution < 1.29 is 20.1 Å². The number of halogens is 1. The quantitative estimate of drug-likeness (QED) is 0.458. The van der Waals surface area contributed by atoms with Gasteiger partial charge in [-0.3, -0.25) is 14.0 Å². The number of carbonyl (C=O) groups excluding carboxylic acids is 2. The van der Waals surface area contributed by atoms with Gasteiger partial charge in [0.05, 0.1) is 7.18 Å². The van der Waals surface area contributed by atoms with E-state index in [1.807, 2.05) is 0 Å². The van der Waals surface area contributed by atoms with Crippen molar-refractivity contribution in [1.29, 1.82) is 0 Å². The molecule has 1 atom stereocenters. The Morgan fingerprint density at radius 2 is 1.91 bits per heavy atom. The molecular formula is C18H32FNO3. The fraction of sp³-hybridized carbons (Fsp3) is 0.556. The maximum absolute atomic E-state index is 11.7. The highest BCUT2D eigenvalue weighted by Gasteiger charge is 2.22. The standard InChI is InChI=1S/C14H19NO3.C3H8.CH3F.H2/c1-3-7-11(4-2)13(16)10-18-14(17)12-8-5-6-9-15-12;1-3-2;1-2;/h3-4,7,12,15H,1-2,5-6,8-10H2;3H2,1-2H3;1H3;1H/b11-7+;;;. The van der Waals surface area contributed by atoms with Crippen LogP contribution in [0.5, 0.6) is 0 Å². The molecule has 0 radical (unpaired) electrons. The molecule has 134 valence electrons. The van der Waals surface area contributed by atoms with Gasteiger partial charge in [0.2, 0.25) is 0 Å². The van der Waals surface area contributed by atoms with Crippen LogP contribution < -0.4 is 5.32 Å². The van der Waals surface area contributed by atoms with Crippen molar-refractivity contribution in [3.05, 3.63) is 37.0 Å². The molecule has 1 fully saturated rings. The SMILES string of the molecule is C=C/C=C(\C=C)C(=O)COC(=O)C1CCCCN1.CCC.CF.[HH]. The second-order valence-corrected chi connectivity index (χ2v) is 4.80. The molecular weight excluding hydrogens is 297 g/mol. The molecule has 1 heterocycles. The summed E-state index contributed by atoms with van der Waals surface area (Å²) in [7, 11) is 0.500. The van der Waals surface area contributed by atoms with Gasteiger partial charge in [-0.1, -0.05) is 58.1 Å². The highest BCUT2D eigenvalue weighted by atomic mass is 19.1. The Kier molecular flexibility index (Phi) is 17.0. The average molecular weight is 329 g/mol. The molecule has 0 aliphatic carbocycles. The lowest BCUT2D eigenvalue weighted by Crippen LogP contribution is -2.42. The van der Waals surface area contributed by atoms with Gasteiger partial charge in [-0.15, -0.1) is 0 Å². The van der Waals surface area contributed by atoms with Crippen molar-refractivity contribution in [2.45, 2.75) is 45.6 Å². The van der Waals surface area contributed by atoms with Gasteiger partial charge < -0.3 is 10.1 Å². The third kappa shape index (κ3) is 11.5. The molecule has 23 heavy (non-hydrogen) atoms. The fourth-order valence-corrected chi connectivity index (χ4v) is 1.78. The van der Waals surface area contributed by atoms with Crippen molar-refractivity contribution in [2.75, 3.05) is 20.3 Å². The summed E-state index contributed by atoms with van der Waals surface area (Å²) in [5.41, 5.74) is 0.398. The summed E-state index contributed by atoms with van der Waals surface area (Å²) < 4.78 is 14.5. The molecule has 0 saturated carbocycles. The van der Waals surface area contributed by atoms with Gasteiger partial charge in [0.15, 0.2) is 12.4 Å². The second-order valence-electron chi connectivity index (χ2n) is 4.80. The summed E-state index contributed by atoms with van der Waals surface area (Å²) in [4.78, 5) is 23.3. The Balaban J connectivity index is -0.000000660. The number of Topliss-reactive ketones (excluding diaryl/α,β-unsaturated/α-hetero) is 1. The minimum atomic E-state index is -0.356. The van der Waals surface area contributed by atoms with E-state index in [0.717, 1.165) is 25.8 Å². The predicted octanol–water partition coefficient (Wildman–Crippen LogP) is 3.79. The number of ether oxygens (including phenoxy) is 1. The van der Waals surface area contributed by atoms with E-state index in [0.29, 0.717) is 12.8 Å². The van der Waals surface area contributed by atoms with Crippen molar-refractivity contribution in [2.24, 2.45) is 0 Å². The van der Waals surface area contributed by atoms with Gasteiger partial charge in [-0.25, -0.2) is 0 Å². The number of piperidine rings is 1. The molecule has 1 saturated heterocycles. The lowest BCUT2D eigenvalue weighted by atomic mass is 10.1. The van der Waals surface area contributed by atoms with E-state index in [-0.39, 0.29) is 25.8 Å². The molecule has 0 spiro atoms. The van der Waals surface area contributed by atoms with E-state index >= 15 is 0 Å². The van der Waals surface area contributed by atoms with Gasteiger partial charge in [0, 0.05) is 7.00 Å². The van der Waals surface area contributed by atoms with Crippen LogP contribution >= 0.6 is 0 Å². The minimum Gasteiger partial charge on any atom is -0.456 e. The van der Waals surface area contributed by atoms with Crippen LogP contribution in [0, 0.1) is 0 Å². The zero-order valence-electron chi connectivity index (χ0n) is 14.6. The highest BCUT2D eigenvalue weighted by Crippen LogP contribution is 2.08. The Hall–Kier alpha value is -1.75.